The first kappa shape index (κ1) is 14.1. The van der Waals surface area contributed by atoms with Gasteiger partial charge in [-0.1, -0.05) is 0 Å². The number of nitrogens with zero attached hydrogens (tertiary/aromatic N) is 3. The van der Waals surface area contributed by atoms with Crippen LogP contribution in [-0.4, -0.2) is 78.7 Å². The SMILES string of the molecule is O=S(=O)(N1CCCC1)N1CCN([C@@H]2CCSC2)CC1. The van der Waals surface area contributed by atoms with E-state index in [9.17, 15) is 8.42 Å². The second-order valence-corrected chi connectivity index (χ2v) is 8.64. The Balaban J connectivity index is 1.57. The van der Waals surface area contributed by atoms with Crippen molar-refractivity contribution in [2.45, 2.75) is 25.3 Å². The van der Waals surface area contributed by atoms with Gasteiger partial charge in [0.15, 0.2) is 0 Å². The van der Waals surface area contributed by atoms with Gasteiger partial charge in [-0.25, -0.2) is 0 Å². The Labute approximate surface area is 120 Å². The summed E-state index contributed by atoms with van der Waals surface area (Å²) in [5.74, 6) is 2.48. The summed E-state index contributed by atoms with van der Waals surface area (Å²) in [7, 11) is -3.17. The molecule has 0 saturated carbocycles. The molecule has 0 spiro atoms. The summed E-state index contributed by atoms with van der Waals surface area (Å²) in [4.78, 5) is 2.48. The minimum Gasteiger partial charge on any atom is -0.297 e. The number of hydrogen-bond donors (Lipinski definition) is 0. The van der Waals surface area contributed by atoms with Crippen LogP contribution in [0.15, 0.2) is 0 Å². The Morgan fingerprint density at radius 1 is 0.895 bits per heavy atom. The Morgan fingerprint density at radius 3 is 2.11 bits per heavy atom. The summed E-state index contributed by atoms with van der Waals surface area (Å²) in [6, 6.07) is 0.682. The van der Waals surface area contributed by atoms with Crippen LogP contribution in [0.4, 0.5) is 0 Å². The molecule has 0 aromatic heterocycles. The molecule has 3 heterocycles. The number of piperazine rings is 1. The third-order valence-corrected chi connectivity index (χ3v) is 7.59. The van der Waals surface area contributed by atoms with Gasteiger partial charge in [0.2, 0.25) is 0 Å². The molecule has 0 aromatic carbocycles. The van der Waals surface area contributed by atoms with Crippen LogP contribution in [0.3, 0.4) is 0 Å². The number of rotatable bonds is 3. The minimum atomic E-state index is -3.17. The highest BCUT2D eigenvalue weighted by atomic mass is 32.2. The Kier molecular flexibility index (Phi) is 4.38. The molecule has 0 N–H and O–H groups in total. The highest BCUT2D eigenvalue weighted by molar-refractivity contribution is 7.99. The van der Waals surface area contributed by atoms with Gasteiger partial charge in [0.05, 0.1) is 0 Å². The van der Waals surface area contributed by atoms with Gasteiger partial charge in [-0.3, -0.25) is 4.90 Å². The zero-order valence-corrected chi connectivity index (χ0v) is 13.0. The summed E-state index contributed by atoms with van der Waals surface area (Å²) < 4.78 is 28.2. The number of hydrogen-bond acceptors (Lipinski definition) is 4. The van der Waals surface area contributed by atoms with Gasteiger partial charge < -0.3 is 0 Å². The van der Waals surface area contributed by atoms with Crippen molar-refractivity contribution in [2.75, 3.05) is 50.8 Å². The zero-order chi connectivity index (χ0) is 13.3. The predicted molar refractivity (Wildman–Crippen MR) is 78.6 cm³/mol. The maximum atomic E-state index is 12.4. The van der Waals surface area contributed by atoms with Crippen molar-refractivity contribution < 1.29 is 8.42 Å². The number of thioether (sulfide) groups is 1. The van der Waals surface area contributed by atoms with Crippen molar-refractivity contribution in [3.63, 3.8) is 0 Å². The Hall–Kier alpha value is 0.180. The van der Waals surface area contributed by atoms with Crippen LogP contribution < -0.4 is 0 Å². The molecule has 0 amide bonds. The highest BCUT2D eigenvalue weighted by Gasteiger charge is 2.35. The molecule has 7 heteroatoms. The molecule has 1 atom stereocenters. The van der Waals surface area contributed by atoms with E-state index < -0.39 is 10.2 Å². The van der Waals surface area contributed by atoms with Crippen LogP contribution in [0.1, 0.15) is 19.3 Å². The Bertz CT molecular complexity index is 395. The van der Waals surface area contributed by atoms with Gasteiger partial charge in [-0.15, -0.1) is 0 Å². The van der Waals surface area contributed by atoms with Gasteiger partial charge in [-0.2, -0.15) is 28.8 Å². The normalized spacial score (nSPS) is 32.1. The van der Waals surface area contributed by atoms with E-state index in [1.54, 1.807) is 8.61 Å². The van der Waals surface area contributed by atoms with E-state index in [0.29, 0.717) is 32.2 Å². The van der Waals surface area contributed by atoms with E-state index >= 15 is 0 Å². The van der Waals surface area contributed by atoms with Crippen LogP contribution in [-0.2, 0) is 10.2 Å². The van der Waals surface area contributed by atoms with Crippen LogP contribution in [0.25, 0.3) is 0 Å². The van der Waals surface area contributed by atoms with Gasteiger partial charge in [0, 0.05) is 51.1 Å². The molecule has 3 fully saturated rings. The first-order chi connectivity index (χ1) is 9.18. The molecule has 0 aromatic rings. The van der Waals surface area contributed by atoms with Crippen LogP contribution in [0, 0.1) is 0 Å². The molecule has 110 valence electrons. The van der Waals surface area contributed by atoms with E-state index in [1.165, 1.54) is 17.9 Å². The average molecular weight is 305 g/mol. The van der Waals surface area contributed by atoms with E-state index in [2.05, 4.69) is 4.90 Å². The fraction of sp³-hybridized carbons (Fsp3) is 1.00. The fourth-order valence-electron chi connectivity index (χ4n) is 3.19. The van der Waals surface area contributed by atoms with Gasteiger partial charge in [-0.05, 0) is 25.0 Å². The van der Waals surface area contributed by atoms with Crippen molar-refractivity contribution in [2.24, 2.45) is 0 Å². The predicted octanol–water partition coefficient (Wildman–Crippen LogP) is 0.450. The smallest absolute Gasteiger partial charge is 0.282 e. The van der Waals surface area contributed by atoms with Gasteiger partial charge in [0.1, 0.15) is 0 Å². The largest absolute Gasteiger partial charge is 0.297 e. The molecule has 3 aliphatic heterocycles. The third-order valence-electron chi connectivity index (χ3n) is 4.41. The first-order valence-corrected chi connectivity index (χ1v) is 9.80. The summed E-state index contributed by atoms with van der Waals surface area (Å²) in [5.41, 5.74) is 0. The van der Waals surface area contributed by atoms with E-state index in [-0.39, 0.29) is 0 Å². The molecule has 0 aliphatic carbocycles. The summed E-state index contributed by atoms with van der Waals surface area (Å²) >= 11 is 2.02. The second kappa shape index (κ2) is 5.89. The maximum absolute atomic E-state index is 12.4. The summed E-state index contributed by atoms with van der Waals surface area (Å²) in [6.45, 7) is 4.56. The van der Waals surface area contributed by atoms with E-state index in [0.717, 1.165) is 25.9 Å². The van der Waals surface area contributed by atoms with Crippen LogP contribution in [0.2, 0.25) is 0 Å². The molecule has 3 saturated heterocycles. The summed E-state index contributed by atoms with van der Waals surface area (Å²) in [5, 5.41) is 0. The lowest BCUT2D eigenvalue weighted by molar-refractivity contribution is 0.144. The minimum absolute atomic E-state index is 0.667. The molecule has 0 bridgehead atoms. The zero-order valence-electron chi connectivity index (χ0n) is 11.3. The molecular weight excluding hydrogens is 282 g/mol. The van der Waals surface area contributed by atoms with Crippen molar-refractivity contribution in [1.29, 1.82) is 0 Å². The van der Waals surface area contributed by atoms with E-state index in [1.807, 2.05) is 11.8 Å². The van der Waals surface area contributed by atoms with Crippen molar-refractivity contribution in [3.05, 3.63) is 0 Å². The summed E-state index contributed by atoms with van der Waals surface area (Å²) in [6.07, 6.45) is 3.29. The molecule has 19 heavy (non-hydrogen) atoms. The van der Waals surface area contributed by atoms with Crippen molar-refractivity contribution >= 4 is 22.0 Å². The molecule has 0 unspecified atom stereocenters. The lowest BCUT2D eigenvalue weighted by Gasteiger charge is -2.38. The van der Waals surface area contributed by atoms with Gasteiger partial charge in [0.25, 0.3) is 10.2 Å². The van der Waals surface area contributed by atoms with Crippen LogP contribution in [0.5, 0.6) is 0 Å². The molecular formula is C12H23N3O2S2. The third kappa shape index (κ3) is 2.95. The monoisotopic (exact) mass is 305 g/mol. The average Bonchev–Trinajstić information content (AvgIpc) is 3.12. The van der Waals surface area contributed by atoms with E-state index in [4.69, 9.17) is 0 Å². The van der Waals surface area contributed by atoms with Crippen LogP contribution >= 0.6 is 11.8 Å². The van der Waals surface area contributed by atoms with Crippen molar-refractivity contribution in [3.8, 4) is 0 Å². The standard InChI is InChI=1S/C12H23N3O2S2/c16-19(17,14-4-1-2-5-14)15-8-6-13(7-9-15)12-3-10-18-11-12/h12H,1-11H2/t12-/m1/s1. The molecule has 0 radical (unpaired) electrons. The van der Waals surface area contributed by atoms with Gasteiger partial charge >= 0.3 is 0 Å². The fourth-order valence-corrected chi connectivity index (χ4v) is 6.12. The lowest BCUT2D eigenvalue weighted by atomic mass is 10.2. The first-order valence-electron chi connectivity index (χ1n) is 7.25. The molecule has 3 rings (SSSR count). The maximum Gasteiger partial charge on any atom is 0.282 e. The Morgan fingerprint density at radius 2 is 1.53 bits per heavy atom. The topological polar surface area (TPSA) is 43.9 Å². The highest BCUT2D eigenvalue weighted by Crippen LogP contribution is 2.24. The quantitative estimate of drug-likeness (QED) is 0.759. The second-order valence-electron chi connectivity index (χ2n) is 5.57. The lowest BCUT2D eigenvalue weighted by Crippen LogP contribution is -2.54. The van der Waals surface area contributed by atoms with Crippen molar-refractivity contribution in [1.82, 2.24) is 13.5 Å². The molecule has 5 nitrogen and oxygen atoms in total. The molecule has 3 aliphatic rings.